The first-order valence-corrected chi connectivity index (χ1v) is 9.54. The number of hydrogen-bond donors (Lipinski definition) is 1. The predicted molar refractivity (Wildman–Crippen MR) is 110 cm³/mol. The molecule has 3 aromatic rings. The van der Waals surface area contributed by atoms with Gasteiger partial charge in [-0.3, -0.25) is 14.7 Å². The first kappa shape index (κ1) is 20.5. The van der Waals surface area contributed by atoms with Crippen molar-refractivity contribution in [3.8, 4) is 5.75 Å². The normalized spacial score (nSPS) is 12.1. The van der Waals surface area contributed by atoms with Crippen LogP contribution in [0.3, 0.4) is 0 Å². The molecule has 1 N–H and O–H groups in total. The van der Waals surface area contributed by atoms with Crippen LogP contribution in [0.5, 0.6) is 5.75 Å². The summed E-state index contributed by atoms with van der Waals surface area (Å²) < 4.78 is 7.48. The fourth-order valence-electron chi connectivity index (χ4n) is 3.45. The first-order chi connectivity index (χ1) is 14.1. The molecule has 152 valence electrons. The zero-order valence-corrected chi connectivity index (χ0v) is 16.7. The third-order valence-electron chi connectivity index (χ3n) is 4.83. The molecule has 0 aliphatic rings. The maximum absolute atomic E-state index is 12.4. The first-order valence-electron chi connectivity index (χ1n) is 9.54. The van der Waals surface area contributed by atoms with Gasteiger partial charge in [-0.1, -0.05) is 17.7 Å². The average molecular weight is 394 g/mol. The second-order valence-corrected chi connectivity index (χ2v) is 6.97. The maximum atomic E-state index is 12.4. The molecule has 0 fully saturated rings. The number of carboxylic acids is 1. The number of imidazole rings is 1. The van der Waals surface area contributed by atoms with Crippen molar-refractivity contribution in [2.45, 2.75) is 32.5 Å². The smallest absolute Gasteiger partial charge is 0.325 e. The number of aliphatic carboxylic acids is 1. The van der Waals surface area contributed by atoms with Gasteiger partial charge in [-0.25, -0.2) is 4.98 Å². The fraction of sp³-hybridized carbons (Fsp3) is 0.318. The van der Waals surface area contributed by atoms with E-state index in [0.717, 1.165) is 24.1 Å². The Morgan fingerprint density at radius 2 is 2.00 bits per heavy atom. The van der Waals surface area contributed by atoms with Crippen molar-refractivity contribution in [2.75, 3.05) is 13.7 Å². The monoisotopic (exact) mass is 394 g/mol. The number of carboxylic acid groups (broad SMARTS) is 1. The Hall–Kier alpha value is -3.19. The highest BCUT2D eigenvalue weighted by molar-refractivity contribution is 5.77. The van der Waals surface area contributed by atoms with Crippen molar-refractivity contribution in [3.63, 3.8) is 0 Å². The van der Waals surface area contributed by atoms with Crippen LogP contribution >= 0.6 is 0 Å². The largest absolute Gasteiger partial charge is 0.496 e. The second-order valence-electron chi connectivity index (χ2n) is 6.97. The summed E-state index contributed by atoms with van der Waals surface area (Å²) in [6.45, 7) is 3.83. The number of rotatable bonds is 10. The number of aromatic nitrogens is 3. The number of methoxy groups -OCH3 is 1. The molecule has 7 nitrogen and oxygen atoms in total. The van der Waals surface area contributed by atoms with Crippen molar-refractivity contribution in [2.24, 2.45) is 0 Å². The highest BCUT2D eigenvalue weighted by Gasteiger charge is 2.30. The lowest BCUT2D eigenvalue weighted by Crippen LogP contribution is -2.35. The molecule has 1 unspecified atom stereocenters. The van der Waals surface area contributed by atoms with E-state index in [2.05, 4.69) is 9.97 Å². The van der Waals surface area contributed by atoms with Crippen LogP contribution in [-0.2, 0) is 17.9 Å². The van der Waals surface area contributed by atoms with Crippen molar-refractivity contribution < 1.29 is 14.6 Å². The van der Waals surface area contributed by atoms with E-state index in [4.69, 9.17) is 4.74 Å². The molecule has 2 heterocycles. The van der Waals surface area contributed by atoms with E-state index in [9.17, 15) is 9.90 Å². The average Bonchev–Trinajstić information content (AvgIpc) is 3.22. The van der Waals surface area contributed by atoms with Gasteiger partial charge in [0.05, 0.1) is 13.4 Å². The summed E-state index contributed by atoms with van der Waals surface area (Å²) in [6.07, 6.45) is 9.66. The van der Waals surface area contributed by atoms with Crippen molar-refractivity contribution in [1.29, 1.82) is 0 Å². The van der Waals surface area contributed by atoms with Gasteiger partial charge in [0.25, 0.3) is 0 Å². The molecule has 1 atom stereocenters. The molecule has 0 spiro atoms. The molecule has 0 bridgehead atoms. The summed E-state index contributed by atoms with van der Waals surface area (Å²) in [6, 6.07) is 8.66. The highest BCUT2D eigenvalue weighted by atomic mass is 16.5. The molecule has 0 aliphatic heterocycles. The number of nitrogens with zero attached hydrogens (tertiary/aromatic N) is 4. The van der Waals surface area contributed by atoms with Crippen molar-refractivity contribution in [1.82, 2.24) is 19.4 Å². The molecule has 0 saturated carbocycles. The molecule has 3 rings (SSSR count). The summed E-state index contributed by atoms with van der Waals surface area (Å²) in [5, 5.41) is 10.1. The SMILES string of the molecule is COc1ccc(C)cc1C(C(=O)O)N(CCCn1ccnc1)Cc1ccncc1. The maximum Gasteiger partial charge on any atom is 0.325 e. The van der Waals surface area contributed by atoms with Crippen LogP contribution in [0.1, 0.15) is 29.2 Å². The van der Waals surface area contributed by atoms with Gasteiger partial charge >= 0.3 is 5.97 Å². The minimum atomic E-state index is -0.898. The summed E-state index contributed by atoms with van der Waals surface area (Å²) in [5.41, 5.74) is 2.67. The third-order valence-corrected chi connectivity index (χ3v) is 4.83. The van der Waals surface area contributed by atoms with Crippen LogP contribution in [0.15, 0.2) is 61.4 Å². The fourth-order valence-corrected chi connectivity index (χ4v) is 3.45. The molecule has 1 aromatic carbocycles. The molecule has 0 saturated heterocycles. The Bertz CT molecular complexity index is 913. The van der Waals surface area contributed by atoms with E-state index < -0.39 is 12.0 Å². The van der Waals surface area contributed by atoms with E-state index in [1.54, 1.807) is 32.0 Å². The van der Waals surface area contributed by atoms with Gasteiger partial charge in [0.1, 0.15) is 11.8 Å². The van der Waals surface area contributed by atoms with Gasteiger partial charge in [0.2, 0.25) is 0 Å². The Kier molecular flexibility index (Phi) is 6.97. The lowest BCUT2D eigenvalue weighted by molar-refractivity contribution is -0.144. The number of carbonyl (C=O) groups is 1. The number of hydrogen-bond acceptors (Lipinski definition) is 5. The Morgan fingerprint density at radius 3 is 2.66 bits per heavy atom. The molecule has 0 aliphatic carbocycles. The summed E-state index contributed by atoms with van der Waals surface area (Å²) in [7, 11) is 1.57. The summed E-state index contributed by atoms with van der Waals surface area (Å²) in [4.78, 5) is 22.5. The van der Waals surface area contributed by atoms with Crippen LogP contribution < -0.4 is 4.74 Å². The van der Waals surface area contributed by atoms with Crippen molar-refractivity contribution in [3.05, 3.63) is 78.1 Å². The van der Waals surface area contributed by atoms with Crippen LogP contribution in [0.4, 0.5) is 0 Å². The molecular weight excluding hydrogens is 368 g/mol. The predicted octanol–water partition coefficient (Wildman–Crippen LogP) is 3.31. The highest BCUT2D eigenvalue weighted by Crippen LogP contribution is 2.32. The Labute approximate surface area is 170 Å². The number of aryl methyl sites for hydroxylation is 2. The molecule has 29 heavy (non-hydrogen) atoms. The number of ether oxygens (including phenoxy) is 1. The second kappa shape index (κ2) is 9.84. The zero-order chi connectivity index (χ0) is 20.6. The van der Waals surface area contributed by atoms with Crippen LogP contribution in [-0.4, -0.2) is 44.2 Å². The molecule has 2 aromatic heterocycles. The lowest BCUT2D eigenvalue weighted by atomic mass is 10.0. The molecule has 7 heteroatoms. The lowest BCUT2D eigenvalue weighted by Gasteiger charge is -2.30. The van der Waals surface area contributed by atoms with Gasteiger partial charge in [0.15, 0.2) is 0 Å². The van der Waals surface area contributed by atoms with E-state index in [0.29, 0.717) is 24.4 Å². The number of pyridine rings is 1. The van der Waals surface area contributed by atoms with Gasteiger partial charge in [-0.15, -0.1) is 0 Å². The molecule has 0 amide bonds. The van der Waals surface area contributed by atoms with E-state index in [1.807, 2.05) is 52.9 Å². The molecule has 0 radical (unpaired) electrons. The third kappa shape index (κ3) is 5.42. The van der Waals surface area contributed by atoms with Crippen LogP contribution in [0.2, 0.25) is 0 Å². The van der Waals surface area contributed by atoms with Gasteiger partial charge < -0.3 is 14.4 Å². The summed E-state index contributed by atoms with van der Waals surface area (Å²) in [5.74, 6) is -0.317. The summed E-state index contributed by atoms with van der Waals surface area (Å²) >= 11 is 0. The Morgan fingerprint density at radius 1 is 1.21 bits per heavy atom. The van der Waals surface area contributed by atoms with Gasteiger partial charge in [-0.05, 0) is 37.1 Å². The van der Waals surface area contributed by atoms with E-state index >= 15 is 0 Å². The van der Waals surface area contributed by atoms with E-state index in [-0.39, 0.29) is 0 Å². The molecular formula is C22H26N4O3. The minimum Gasteiger partial charge on any atom is -0.496 e. The van der Waals surface area contributed by atoms with Gasteiger partial charge in [-0.2, -0.15) is 0 Å². The quantitative estimate of drug-likeness (QED) is 0.568. The Balaban J connectivity index is 1.89. The van der Waals surface area contributed by atoms with Crippen molar-refractivity contribution >= 4 is 5.97 Å². The standard InChI is InChI=1S/C22H26N4O3/c1-17-4-5-20(29-2)19(14-17)21(22(27)28)26(15-18-6-8-23-9-7-18)12-3-11-25-13-10-24-16-25/h4-10,13-14,16,21H,3,11-12,15H2,1-2H3,(H,27,28). The van der Waals surface area contributed by atoms with E-state index in [1.165, 1.54) is 0 Å². The minimum absolute atomic E-state index is 0.501. The van der Waals surface area contributed by atoms with Gasteiger partial charge in [0, 0.05) is 50.0 Å². The number of benzene rings is 1. The topological polar surface area (TPSA) is 80.5 Å². The van der Waals surface area contributed by atoms with Crippen LogP contribution in [0, 0.1) is 6.92 Å². The zero-order valence-electron chi connectivity index (χ0n) is 16.7. The van der Waals surface area contributed by atoms with Crippen LogP contribution in [0.25, 0.3) is 0 Å².